The number of benzene rings is 2. The Morgan fingerprint density at radius 1 is 0.918 bits per heavy atom. The first-order valence-electron chi connectivity index (χ1n) is 17.5. The fourth-order valence-corrected chi connectivity index (χ4v) is 6.25. The van der Waals surface area contributed by atoms with Crippen molar-refractivity contribution >= 4 is 27.7 Å². The molecular weight excluding hydrogens is 787 g/mol. The number of carbonyl (C=O) groups excluding carboxylic acids is 1. The third-order valence-corrected chi connectivity index (χ3v) is 9.06. The minimum absolute atomic E-state index is 0. The SMILES string of the molecule is CC(C)Cc1coc2nccc(-c3cc(-c4[c-]c5ccccc5c(C(C)(C)C)c4)ncn3)c12.CCC(CC)C(=O)/C=C(\O)C(CC)CC.[Ir]. The molecule has 49 heavy (non-hydrogen) atoms. The summed E-state index contributed by atoms with van der Waals surface area (Å²) in [6.45, 7) is 19.2. The van der Waals surface area contributed by atoms with Crippen molar-refractivity contribution in [2.45, 2.75) is 99.8 Å². The van der Waals surface area contributed by atoms with E-state index in [1.807, 2.05) is 46.1 Å². The molecule has 3 heterocycles. The van der Waals surface area contributed by atoms with Crippen molar-refractivity contribution in [3.8, 4) is 22.5 Å². The molecule has 0 aliphatic heterocycles. The van der Waals surface area contributed by atoms with Crippen LogP contribution in [0, 0.1) is 23.8 Å². The Morgan fingerprint density at radius 3 is 2.20 bits per heavy atom. The van der Waals surface area contributed by atoms with E-state index >= 15 is 0 Å². The van der Waals surface area contributed by atoms with Crippen molar-refractivity contribution in [2.75, 3.05) is 0 Å². The first-order chi connectivity index (χ1) is 22.9. The maximum Gasteiger partial charge on any atom is 0.226 e. The van der Waals surface area contributed by atoms with Crippen molar-refractivity contribution in [3.05, 3.63) is 90.3 Å². The van der Waals surface area contributed by atoms with Gasteiger partial charge in [0.25, 0.3) is 0 Å². The molecule has 6 nitrogen and oxygen atoms in total. The topological polar surface area (TPSA) is 89.1 Å². The summed E-state index contributed by atoms with van der Waals surface area (Å²) in [5.41, 5.74) is 6.80. The Balaban J connectivity index is 0.000000347. The van der Waals surface area contributed by atoms with Crippen molar-refractivity contribution in [2.24, 2.45) is 17.8 Å². The van der Waals surface area contributed by atoms with Crippen molar-refractivity contribution in [3.63, 3.8) is 0 Å². The number of rotatable bonds is 11. The van der Waals surface area contributed by atoms with Gasteiger partial charge in [0, 0.05) is 61.0 Å². The van der Waals surface area contributed by atoms with Gasteiger partial charge in [-0.3, -0.25) is 9.78 Å². The maximum absolute atomic E-state index is 11.7. The van der Waals surface area contributed by atoms with Gasteiger partial charge in [-0.1, -0.05) is 91.5 Å². The molecule has 1 radical (unpaired) electrons. The van der Waals surface area contributed by atoms with Crippen LogP contribution in [0.4, 0.5) is 0 Å². The predicted molar refractivity (Wildman–Crippen MR) is 198 cm³/mol. The van der Waals surface area contributed by atoms with Crippen LogP contribution < -0.4 is 0 Å². The molecule has 0 amide bonds. The minimum Gasteiger partial charge on any atom is -0.512 e. The molecule has 3 aromatic heterocycles. The van der Waals surface area contributed by atoms with Crippen LogP contribution in [0.5, 0.6) is 0 Å². The molecule has 5 rings (SSSR count). The molecule has 0 spiro atoms. The summed E-state index contributed by atoms with van der Waals surface area (Å²) in [5, 5.41) is 13.1. The van der Waals surface area contributed by atoms with Gasteiger partial charge in [0.05, 0.1) is 23.1 Å². The molecule has 5 aromatic rings. The van der Waals surface area contributed by atoms with E-state index in [-0.39, 0.29) is 48.9 Å². The fourth-order valence-electron chi connectivity index (χ4n) is 6.25. The molecule has 0 saturated carbocycles. The number of carbonyl (C=O) groups is 1. The van der Waals surface area contributed by atoms with E-state index in [4.69, 9.17) is 4.42 Å². The first-order valence-corrected chi connectivity index (χ1v) is 17.5. The van der Waals surface area contributed by atoms with E-state index in [1.54, 1.807) is 12.5 Å². The number of pyridine rings is 1. The Kier molecular flexibility index (Phi) is 14.5. The largest absolute Gasteiger partial charge is 0.512 e. The number of hydrogen-bond acceptors (Lipinski definition) is 6. The molecule has 0 unspecified atom stereocenters. The molecule has 0 atom stereocenters. The molecule has 7 heteroatoms. The maximum atomic E-state index is 11.7. The number of hydrogen-bond donors (Lipinski definition) is 1. The molecule has 1 N–H and O–H groups in total. The summed E-state index contributed by atoms with van der Waals surface area (Å²) < 4.78 is 5.77. The molecular formula is C42H52IrN3O3-. The third-order valence-electron chi connectivity index (χ3n) is 9.06. The van der Waals surface area contributed by atoms with Crippen molar-refractivity contribution < 1.29 is 34.4 Å². The molecule has 0 bridgehead atoms. The average molecular weight is 839 g/mol. The van der Waals surface area contributed by atoms with Gasteiger partial charge in [0.1, 0.15) is 6.33 Å². The van der Waals surface area contributed by atoms with E-state index in [0.29, 0.717) is 11.6 Å². The zero-order valence-corrected chi connectivity index (χ0v) is 33.0. The van der Waals surface area contributed by atoms with Gasteiger partial charge in [0.15, 0.2) is 5.78 Å². The summed E-state index contributed by atoms with van der Waals surface area (Å²) >= 11 is 0. The van der Waals surface area contributed by atoms with Crippen LogP contribution in [0.1, 0.15) is 99.1 Å². The number of aromatic nitrogens is 3. The quantitative estimate of drug-likeness (QED) is 0.0810. The smallest absolute Gasteiger partial charge is 0.226 e. The van der Waals surface area contributed by atoms with E-state index in [1.165, 1.54) is 17.0 Å². The van der Waals surface area contributed by atoms with Crippen LogP contribution >= 0.6 is 0 Å². The van der Waals surface area contributed by atoms with Gasteiger partial charge < -0.3 is 9.52 Å². The third kappa shape index (κ3) is 9.73. The van der Waals surface area contributed by atoms with E-state index in [0.717, 1.165) is 71.0 Å². The van der Waals surface area contributed by atoms with Crippen LogP contribution in [0.15, 0.2) is 77.5 Å². The van der Waals surface area contributed by atoms with E-state index in [9.17, 15) is 9.90 Å². The Bertz CT molecular complexity index is 1860. The predicted octanol–water partition coefficient (Wildman–Crippen LogP) is 11.3. The number of aliphatic hydroxyl groups is 1. The number of furan rings is 1. The molecule has 0 aliphatic rings. The first kappa shape index (κ1) is 39.8. The second-order valence-electron chi connectivity index (χ2n) is 14.1. The molecule has 263 valence electrons. The van der Waals surface area contributed by atoms with Gasteiger partial charge >= 0.3 is 0 Å². The number of ketones is 1. The van der Waals surface area contributed by atoms with Crippen LogP contribution in [0.3, 0.4) is 0 Å². The number of fused-ring (bicyclic) bond motifs is 2. The summed E-state index contributed by atoms with van der Waals surface area (Å²) in [4.78, 5) is 25.4. The number of aliphatic hydroxyl groups excluding tert-OH is 1. The van der Waals surface area contributed by atoms with Gasteiger partial charge in [0.2, 0.25) is 5.71 Å². The normalized spacial score (nSPS) is 12.0. The van der Waals surface area contributed by atoms with Crippen LogP contribution in [0.25, 0.3) is 44.4 Å². The Morgan fingerprint density at radius 2 is 1.57 bits per heavy atom. The molecule has 0 aliphatic carbocycles. The van der Waals surface area contributed by atoms with Crippen molar-refractivity contribution in [1.82, 2.24) is 15.0 Å². The second kappa shape index (κ2) is 17.8. The molecule has 0 fully saturated rings. The summed E-state index contributed by atoms with van der Waals surface area (Å²) in [6, 6.07) is 18.3. The second-order valence-corrected chi connectivity index (χ2v) is 14.1. The number of nitrogens with zero attached hydrogens (tertiary/aromatic N) is 3. The fraction of sp³-hybridized carbons (Fsp3) is 0.429. The number of allylic oxidation sites excluding steroid dienone is 2. The standard InChI is InChI=1S/C29H28N3O.C13H24O2.Ir/c1-18(2)12-21-16-33-28-27(21)23(10-11-30-28)26-15-25(31-17-32-26)20-13-19-8-6-7-9-22(19)24(14-20)29(3,4)5;1-5-10(6-2)12(14)9-13(15)11(7-3)8-4;/h6-11,14-18H,12H2,1-5H3;9-11,14H,5-8H2,1-4H3;/q-1;;/b;12-9-;. The minimum atomic E-state index is -0.000876. The van der Waals surface area contributed by atoms with Gasteiger partial charge in [-0.15, -0.1) is 29.1 Å². The molecule has 0 saturated heterocycles. The van der Waals surface area contributed by atoms with Crippen LogP contribution in [-0.4, -0.2) is 25.8 Å². The Hall–Kier alpha value is -3.67. The van der Waals surface area contributed by atoms with Gasteiger partial charge in [-0.05, 0) is 55.6 Å². The van der Waals surface area contributed by atoms with Gasteiger partial charge in [-0.2, -0.15) is 0 Å². The van der Waals surface area contributed by atoms with Crippen molar-refractivity contribution in [1.29, 1.82) is 0 Å². The van der Waals surface area contributed by atoms with Crippen LogP contribution in [0.2, 0.25) is 0 Å². The summed E-state index contributed by atoms with van der Waals surface area (Å²) in [6.07, 6.45) is 11.1. The average Bonchev–Trinajstić information content (AvgIpc) is 3.47. The zero-order chi connectivity index (χ0) is 35.0. The zero-order valence-electron chi connectivity index (χ0n) is 30.6. The van der Waals surface area contributed by atoms with E-state index < -0.39 is 0 Å². The molecule has 2 aromatic carbocycles. The van der Waals surface area contributed by atoms with Crippen LogP contribution in [-0.2, 0) is 36.7 Å². The summed E-state index contributed by atoms with van der Waals surface area (Å²) in [5.74, 6) is 1.06. The van der Waals surface area contributed by atoms with Gasteiger partial charge in [-0.25, -0.2) is 9.97 Å². The van der Waals surface area contributed by atoms with E-state index in [2.05, 4.69) is 86.0 Å². The summed E-state index contributed by atoms with van der Waals surface area (Å²) in [7, 11) is 0. The monoisotopic (exact) mass is 839 g/mol. The Labute approximate surface area is 306 Å².